The maximum Gasteiger partial charge on any atom is 0.270 e. The van der Waals surface area contributed by atoms with E-state index in [-0.39, 0.29) is 5.91 Å². The van der Waals surface area contributed by atoms with Crippen LogP contribution >= 0.6 is 23.6 Å². The molecule has 1 aromatic rings. The molecule has 4 nitrogen and oxygen atoms in total. The number of carbonyl (C=O) groups is 1. The van der Waals surface area contributed by atoms with Crippen LogP contribution in [0.1, 0.15) is 10.4 Å². The fraction of sp³-hybridized carbons (Fsp3) is 0.143. The SMILES string of the molecule is CNC(=S)NNC(=O)c1ccsc1. The van der Waals surface area contributed by atoms with Crippen molar-refractivity contribution in [3.63, 3.8) is 0 Å². The second-order valence-corrected chi connectivity index (χ2v) is 3.36. The monoisotopic (exact) mass is 215 g/mol. The zero-order valence-electron chi connectivity index (χ0n) is 6.96. The molecule has 6 heteroatoms. The molecule has 0 aliphatic heterocycles. The van der Waals surface area contributed by atoms with Crippen LogP contribution in [0.25, 0.3) is 0 Å². The third-order valence-corrected chi connectivity index (χ3v) is 2.29. The van der Waals surface area contributed by atoms with Crippen molar-refractivity contribution in [2.75, 3.05) is 7.05 Å². The Morgan fingerprint density at radius 2 is 2.31 bits per heavy atom. The van der Waals surface area contributed by atoms with E-state index in [1.165, 1.54) is 11.3 Å². The summed E-state index contributed by atoms with van der Waals surface area (Å²) >= 11 is 6.24. The molecule has 0 atom stereocenters. The molecule has 0 unspecified atom stereocenters. The predicted octanol–water partition coefficient (Wildman–Crippen LogP) is 0.487. The lowest BCUT2D eigenvalue weighted by Gasteiger charge is -2.07. The van der Waals surface area contributed by atoms with Gasteiger partial charge in [0.1, 0.15) is 0 Å². The van der Waals surface area contributed by atoms with E-state index in [0.717, 1.165) is 0 Å². The Kier molecular flexibility index (Phi) is 3.66. The number of hydrogen-bond donors (Lipinski definition) is 3. The molecule has 0 aliphatic carbocycles. The number of nitrogens with one attached hydrogen (secondary N) is 3. The van der Waals surface area contributed by atoms with Crippen LogP contribution in [-0.4, -0.2) is 18.1 Å². The van der Waals surface area contributed by atoms with Gasteiger partial charge in [-0.1, -0.05) is 0 Å². The molecule has 0 radical (unpaired) electrons. The number of hydrazine groups is 1. The topological polar surface area (TPSA) is 53.2 Å². The first kappa shape index (κ1) is 9.94. The fourth-order valence-electron chi connectivity index (χ4n) is 0.642. The number of rotatable bonds is 1. The van der Waals surface area contributed by atoms with E-state index in [1.807, 2.05) is 5.38 Å². The molecule has 0 spiro atoms. The highest BCUT2D eigenvalue weighted by molar-refractivity contribution is 7.80. The van der Waals surface area contributed by atoms with Gasteiger partial charge in [0.2, 0.25) is 0 Å². The highest BCUT2D eigenvalue weighted by atomic mass is 32.1. The van der Waals surface area contributed by atoms with Crippen molar-refractivity contribution in [1.29, 1.82) is 0 Å². The molecule has 1 rings (SSSR count). The standard InChI is InChI=1S/C7H9N3OS2/c1-8-7(12)10-9-6(11)5-2-3-13-4-5/h2-4H,1H3,(H,9,11)(H2,8,10,12). The maximum atomic E-state index is 11.3. The lowest BCUT2D eigenvalue weighted by atomic mass is 10.3. The third-order valence-electron chi connectivity index (χ3n) is 1.30. The first-order valence-corrected chi connectivity index (χ1v) is 4.89. The van der Waals surface area contributed by atoms with Crippen LogP contribution in [0, 0.1) is 0 Å². The Labute approximate surface area is 85.3 Å². The molecule has 1 amide bonds. The molecule has 0 aromatic carbocycles. The predicted molar refractivity (Wildman–Crippen MR) is 56.6 cm³/mol. The summed E-state index contributed by atoms with van der Waals surface area (Å²) in [5, 5.41) is 6.65. The van der Waals surface area contributed by atoms with E-state index < -0.39 is 0 Å². The fourth-order valence-corrected chi connectivity index (χ4v) is 1.33. The molecule has 0 saturated carbocycles. The summed E-state index contributed by atoms with van der Waals surface area (Å²) < 4.78 is 0. The second kappa shape index (κ2) is 4.78. The van der Waals surface area contributed by atoms with Gasteiger partial charge in [0.05, 0.1) is 5.56 Å². The Balaban J connectivity index is 2.39. The van der Waals surface area contributed by atoms with Gasteiger partial charge >= 0.3 is 0 Å². The van der Waals surface area contributed by atoms with Crippen molar-refractivity contribution in [1.82, 2.24) is 16.2 Å². The van der Waals surface area contributed by atoms with Crippen LogP contribution in [0.15, 0.2) is 16.8 Å². The van der Waals surface area contributed by atoms with Crippen molar-refractivity contribution < 1.29 is 4.79 Å². The Morgan fingerprint density at radius 3 is 2.85 bits per heavy atom. The van der Waals surface area contributed by atoms with E-state index in [1.54, 1.807) is 18.5 Å². The third kappa shape index (κ3) is 3.00. The Bertz CT molecular complexity index is 297. The maximum absolute atomic E-state index is 11.3. The highest BCUT2D eigenvalue weighted by Crippen LogP contribution is 2.04. The van der Waals surface area contributed by atoms with Gasteiger partial charge in [-0.2, -0.15) is 11.3 Å². The van der Waals surface area contributed by atoms with E-state index in [0.29, 0.717) is 10.7 Å². The lowest BCUT2D eigenvalue weighted by Crippen LogP contribution is -2.45. The minimum absolute atomic E-state index is 0.196. The van der Waals surface area contributed by atoms with Crippen LogP contribution in [0.5, 0.6) is 0 Å². The van der Waals surface area contributed by atoms with Crippen molar-refractivity contribution >= 4 is 34.6 Å². The molecule has 0 aliphatic rings. The van der Waals surface area contributed by atoms with E-state index in [9.17, 15) is 4.79 Å². The summed E-state index contributed by atoms with van der Waals surface area (Å²) in [5.41, 5.74) is 5.62. The minimum atomic E-state index is -0.196. The summed E-state index contributed by atoms with van der Waals surface area (Å²) in [6.07, 6.45) is 0. The van der Waals surface area contributed by atoms with E-state index in [2.05, 4.69) is 16.2 Å². The van der Waals surface area contributed by atoms with Gasteiger partial charge in [-0.15, -0.1) is 0 Å². The van der Waals surface area contributed by atoms with Gasteiger partial charge in [0, 0.05) is 12.4 Å². The number of thiocarbonyl (C=S) groups is 1. The molecule has 1 heterocycles. The Morgan fingerprint density at radius 1 is 1.54 bits per heavy atom. The molecule has 1 aromatic heterocycles. The van der Waals surface area contributed by atoms with Gasteiger partial charge in [0.25, 0.3) is 5.91 Å². The zero-order valence-corrected chi connectivity index (χ0v) is 8.59. The molecule has 0 fully saturated rings. The van der Waals surface area contributed by atoms with Crippen molar-refractivity contribution in [2.24, 2.45) is 0 Å². The number of amides is 1. The van der Waals surface area contributed by atoms with Crippen molar-refractivity contribution in [3.05, 3.63) is 22.4 Å². The highest BCUT2D eigenvalue weighted by Gasteiger charge is 2.04. The summed E-state index contributed by atoms with van der Waals surface area (Å²) in [6.45, 7) is 0. The molecular formula is C7H9N3OS2. The molecule has 0 saturated heterocycles. The number of hydrogen-bond acceptors (Lipinski definition) is 3. The van der Waals surface area contributed by atoms with Gasteiger partial charge < -0.3 is 5.32 Å². The first-order chi connectivity index (χ1) is 6.24. The quantitative estimate of drug-likeness (QED) is 0.471. The lowest BCUT2D eigenvalue weighted by molar-refractivity contribution is 0.0944. The van der Waals surface area contributed by atoms with Crippen LogP contribution in [0.3, 0.4) is 0 Å². The normalized spacial score (nSPS) is 9.00. The minimum Gasteiger partial charge on any atom is -0.364 e. The van der Waals surface area contributed by atoms with Crippen molar-refractivity contribution in [3.8, 4) is 0 Å². The number of thiophene rings is 1. The molecular weight excluding hydrogens is 206 g/mol. The Hall–Kier alpha value is -1.14. The zero-order chi connectivity index (χ0) is 9.68. The van der Waals surface area contributed by atoms with Gasteiger partial charge in [-0.05, 0) is 23.7 Å². The smallest absolute Gasteiger partial charge is 0.270 e. The van der Waals surface area contributed by atoms with Crippen molar-refractivity contribution in [2.45, 2.75) is 0 Å². The van der Waals surface area contributed by atoms with Crippen LogP contribution in [0.4, 0.5) is 0 Å². The molecule has 3 N–H and O–H groups in total. The van der Waals surface area contributed by atoms with E-state index in [4.69, 9.17) is 12.2 Å². The van der Waals surface area contributed by atoms with Crippen LogP contribution < -0.4 is 16.2 Å². The van der Waals surface area contributed by atoms with Crippen LogP contribution in [-0.2, 0) is 0 Å². The van der Waals surface area contributed by atoms with Gasteiger partial charge in [-0.25, -0.2) is 0 Å². The number of carbonyl (C=O) groups excluding carboxylic acids is 1. The summed E-state index contributed by atoms with van der Waals surface area (Å²) in [7, 11) is 1.67. The summed E-state index contributed by atoms with van der Waals surface area (Å²) in [4.78, 5) is 11.3. The van der Waals surface area contributed by atoms with E-state index >= 15 is 0 Å². The average molecular weight is 215 g/mol. The van der Waals surface area contributed by atoms with Crippen LogP contribution in [0.2, 0.25) is 0 Å². The van der Waals surface area contributed by atoms with Gasteiger partial charge in [-0.3, -0.25) is 15.6 Å². The molecule has 70 valence electrons. The average Bonchev–Trinajstić information content (AvgIpc) is 2.66. The summed E-state index contributed by atoms with van der Waals surface area (Å²) in [6, 6.07) is 1.74. The first-order valence-electron chi connectivity index (χ1n) is 3.54. The molecule has 0 bridgehead atoms. The largest absolute Gasteiger partial charge is 0.364 e. The summed E-state index contributed by atoms with van der Waals surface area (Å²) in [5.74, 6) is -0.196. The van der Waals surface area contributed by atoms with Gasteiger partial charge in [0.15, 0.2) is 5.11 Å². The second-order valence-electron chi connectivity index (χ2n) is 2.17. The molecule has 13 heavy (non-hydrogen) atoms.